The number of carbonyl (C=O) groups is 1. The summed E-state index contributed by atoms with van der Waals surface area (Å²) >= 11 is 0. The van der Waals surface area contributed by atoms with Gasteiger partial charge in [-0.1, -0.05) is 39.4 Å². The Labute approximate surface area is 136 Å². The summed E-state index contributed by atoms with van der Waals surface area (Å²) in [6, 6.07) is 5.28. The molecule has 0 fully saturated rings. The van der Waals surface area contributed by atoms with E-state index in [1.165, 1.54) is 18.2 Å². The lowest BCUT2D eigenvalue weighted by molar-refractivity contribution is -0.139. The fraction of sp³-hybridized carbons (Fsp3) is 0.526. The summed E-state index contributed by atoms with van der Waals surface area (Å²) in [5.41, 5.74) is 4.61. The Morgan fingerprint density at radius 3 is 2.09 bits per heavy atom. The molecule has 1 aromatic rings. The summed E-state index contributed by atoms with van der Waals surface area (Å²) in [6.07, 6.45) is 2.16. The van der Waals surface area contributed by atoms with Crippen LogP contribution in [0, 0.1) is 11.8 Å². The standard InChI is InChI=1S/C19H28O2Si/c1-7-16-12-15(10-9-11-22(4,5)6)13-17(8-2)18(16)14-19(20)21-3/h12-13H,7-8,11,14H2,1-6H3. The average molecular weight is 317 g/mol. The number of esters is 1. The Bertz CT molecular complexity index is 561. The number of hydrogen-bond acceptors (Lipinski definition) is 2. The molecular formula is C19H28O2Si. The fourth-order valence-corrected chi connectivity index (χ4v) is 2.97. The van der Waals surface area contributed by atoms with Crippen molar-refractivity contribution in [3.8, 4) is 11.8 Å². The van der Waals surface area contributed by atoms with Crippen LogP contribution in [0.1, 0.15) is 36.1 Å². The topological polar surface area (TPSA) is 26.3 Å². The maximum absolute atomic E-state index is 11.6. The molecule has 1 aromatic carbocycles. The molecule has 1 rings (SSSR count). The molecule has 0 bridgehead atoms. The highest BCUT2D eigenvalue weighted by molar-refractivity contribution is 6.76. The van der Waals surface area contributed by atoms with Crippen LogP contribution in [0.5, 0.6) is 0 Å². The average Bonchev–Trinajstić information content (AvgIpc) is 2.46. The molecule has 0 heterocycles. The summed E-state index contributed by atoms with van der Waals surface area (Å²) in [6.45, 7) is 11.2. The van der Waals surface area contributed by atoms with Gasteiger partial charge < -0.3 is 4.74 Å². The Morgan fingerprint density at radius 2 is 1.68 bits per heavy atom. The first kappa shape index (κ1) is 18.5. The molecule has 22 heavy (non-hydrogen) atoms. The van der Waals surface area contributed by atoms with Crippen molar-refractivity contribution in [2.75, 3.05) is 7.11 Å². The highest BCUT2D eigenvalue weighted by Crippen LogP contribution is 2.20. The highest BCUT2D eigenvalue weighted by Gasteiger charge is 2.13. The summed E-state index contributed by atoms with van der Waals surface area (Å²) in [5.74, 6) is 6.47. The van der Waals surface area contributed by atoms with Crippen molar-refractivity contribution in [2.24, 2.45) is 0 Å². The van der Waals surface area contributed by atoms with Crippen LogP contribution < -0.4 is 0 Å². The van der Waals surface area contributed by atoms with Gasteiger partial charge in [0, 0.05) is 11.6 Å². The molecule has 0 atom stereocenters. The number of ether oxygens (including phenoxy) is 1. The van der Waals surface area contributed by atoms with E-state index in [1.54, 1.807) is 0 Å². The quantitative estimate of drug-likeness (QED) is 0.462. The number of methoxy groups -OCH3 is 1. The van der Waals surface area contributed by atoms with E-state index in [-0.39, 0.29) is 5.97 Å². The maximum atomic E-state index is 11.6. The van der Waals surface area contributed by atoms with E-state index in [0.717, 1.165) is 30.0 Å². The molecule has 0 N–H and O–H groups in total. The van der Waals surface area contributed by atoms with Crippen molar-refractivity contribution in [3.05, 3.63) is 34.4 Å². The lowest BCUT2D eigenvalue weighted by Gasteiger charge is -2.13. The van der Waals surface area contributed by atoms with Crippen LogP contribution in [0.4, 0.5) is 0 Å². The normalized spacial score (nSPS) is 10.8. The number of aryl methyl sites for hydroxylation is 2. The van der Waals surface area contributed by atoms with Gasteiger partial charge in [-0.3, -0.25) is 4.79 Å². The van der Waals surface area contributed by atoms with Crippen LogP contribution in [0.2, 0.25) is 25.7 Å². The Kier molecular flexibility index (Phi) is 6.89. The molecule has 0 aliphatic heterocycles. The minimum absolute atomic E-state index is 0.179. The first-order chi connectivity index (χ1) is 10.3. The van der Waals surface area contributed by atoms with Crippen LogP contribution in [0.25, 0.3) is 0 Å². The highest BCUT2D eigenvalue weighted by atomic mass is 28.3. The van der Waals surface area contributed by atoms with Gasteiger partial charge in [0.2, 0.25) is 0 Å². The Balaban J connectivity index is 3.16. The second kappa shape index (κ2) is 8.19. The molecule has 120 valence electrons. The molecule has 2 nitrogen and oxygen atoms in total. The molecule has 0 aliphatic carbocycles. The predicted octanol–water partition coefficient (Wildman–Crippen LogP) is 4.22. The maximum Gasteiger partial charge on any atom is 0.309 e. The molecule has 0 saturated carbocycles. The zero-order valence-corrected chi connectivity index (χ0v) is 15.8. The van der Waals surface area contributed by atoms with Gasteiger partial charge in [-0.2, -0.15) is 0 Å². The van der Waals surface area contributed by atoms with Crippen molar-refractivity contribution < 1.29 is 9.53 Å². The number of benzene rings is 1. The zero-order chi connectivity index (χ0) is 16.8. The molecule has 3 heteroatoms. The van der Waals surface area contributed by atoms with Gasteiger partial charge in [-0.25, -0.2) is 0 Å². The van der Waals surface area contributed by atoms with Crippen LogP contribution in [0.15, 0.2) is 12.1 Å². The predicted molar refractivity (Wildman–Crippen MR) is 95.9 cm³/mol. The minimum Gasteiger partial charge on any atom is -0.469 e. The van der Waals surface area contributed by atoms with Gasteiger partial charge in [0.25, 0.3) is 0 Å². The van der Waals surface area contributed by atoms with Gasteiger partial charge in [-0.15, -0.1) is 5.92 Å². The van der Waals surface area contributed by atoms with Crippen LogP contribution in [0.3, 0.4) is 0 Å². The SMILES string of the molecule is CCc1cc(C#CC[Si](C)(C)C)cc(CC)c1CC(=O)OC. The van der Waals surface area contributed by atoms with Crippen LogP contribution in [-0.4, -0.2) is 21.2 Å². The number of carbonyl (C=O) groups excluding carboxylic acids is 1. The smallest absolute Gasteiger partial charge is 0.309 e. The monoisotopic (exact) mass is 316 g/mol. The van der Waals surface area contributed by atoms with E-state index < -0.39 is 8.07 Å². The van der Waals surface area contributed by atoms with Crippen molar-refractivity contribution in [1.29, 1.82) is 0 Å². The summed E-state index contributed by atoms with van der Waals surface area (Å²) in [7, 11) is 0.313. The van der Waals surface area contributed by atoms with Gasteiger partial charge in [0.1, 0.15) is 0 Å². The zero-order valence-electron chi connectivity index (χ0n) is 14.8. The van der Waals surface area contributed by atoms with E-state index in [2.05, 4.69) is 57.5 Å². The summed E-state index contributed by atoms with van der Waals surface area (Å²) in [5, 5.41) is 0. The van der Waals surface area contributed by atoms with E-state index >= 15 is 0 Å². The number of hydrogen-bond donors (Lipinski definition) is 0. The lowest BCUT2D eigenvalue weighted by atomic mass is 9.92. The minimum atomic E-state index is -1.13. The van der Waals surface area contributed by atoms with E-state index in [1.807, 2.05) is 0 Å². The van der Waals surface area contributed by atoms with Crippen molar-refractivity contribution in [1.82, 2.24) is 0 Å². The van der Waals surface area contributed by atoms with E-state index in [9.17, 15) is 4.79 Å². The van der Waals surface area contributed by atoms with E-state index in [0.29, 0.717) is 6.42 Å². The summed E-state index contributed by atoms with van der Waals surface area (Å²) < 4.78 is 4.82. The van der Waals surface area contributed by atoms with Gasteiger partial charge >= 0.3 is 5.97 Å². The molecule has 0 amide bonds. The first-order valence-corrected chi connectivity index (χ1v) is 11.7. The van der Waals surface area contributed by atoms with E-state index in [4.69, 9.17) is 4.74 Å². The largest absolute Gasteiger partial charge is 0.469 e. The van der Waals surface area contributed by atoms with Gasteiger partial charge in [0.15, 0.2) is 0 Å². The van der Waals surface area contributed by atoms with Gasteiger partial charge in [-0.05, 0) is 41.7 Å². The van der Waals surface area contributed by atoms with Gasteiger partial charge in [0.05, 0.1) is 21.6 Å². The van der Waals surface area contributed by atoms with Crippen LogP contribution >= 0.6 is 0 Å². The second-order valence-electron chi connectivity index (χ2n) is 6.77. The molecule has 0 spiro atoms. The molecule has 0 aromatic heterocycles. The molecule has 0 aliphatic rings. The third-order valence-corrected chi connectivity index (χ3v) is 4.83. The molecule has 0 saturated heterocycles. The van der Waals surface area contributed by atoms with Crippen molar-refractivity contribution in [3.63, 3.8) is 0 Å². The first-order valence-electron chi connectivity index (χ1n) is 8.01. The molecule has 0 unspecified atom stereocenters. The van der Waals surface area contributed by atoms with Crippen LogP contribution in [-0.2, 0) is 28.8 Å². The second-order valence-corrected chi connectivity index (χ2v) is 12.2. The van der Waals surface area contributed by atoms with Crippen molar-refractivity contribution in [2.45, 2.75) is 58.8 Å². The fourth-order valence-electron chi connectivity index (χ4n) is 2.36. The third-order valence-electron chi connectivity index (χ3n) is 3.60. The Hall–Kier alpha value is -1.53. The van der Waals surface area contributed by atoms with Crippen molar-refractivity contribution >= 4 is 14.0 Å². The molecular weight excluding hydrogens is 288 g/mol. The summed E-state index contributed by atoms with van der Waals surface area (Å²) in [4.78, 5) is 11.6. The molecule has 0 radical (unpaired) electrons. The lowest BCUT2D eigenvalue weighted by Crippen LogP contribution is -2.17. The Morgan fingerprint density at radius 1 is 1.14 bits per heavy atom. The third kappa shape index (κ3) is 5.69. The number of rotatable bonds is 5.